The Morgan fingerprint density at radius 3 is 2.48 bits per heavy atom. The Labute approximate surface area is 171 Å². The van der Waals surface area contributed by atoms with Gasteiger partial charge in [0.25, 0.3) is 5.91 Å². The molecule has 1 N–H and O–H groups in total. The summed E-state index contributed by atoms with van der Waals surface area (Å²) in [6, 6.07) is 5.03. The lowest BCUT2D eigenvalue weighted by atomic mass is 10.0. The van der Waals surface area contributed by atoms with E-state index in [1.54, 1.807) is 16.3 Å². The summed E-state index contributed by atoms with van der Waals surface area (Å²) in [6.45, 7) is 3.29. The van der Waals surface area contributed by atoms with Crippen molar-refractivity contribution in [1.82, 2.24) is 15.2 Å². The number of benzene rings is 1. The van der Waals surface area contributed by atoms with Gasteiger partial charge in [-0.2, -0.15) is 13.2 Å². The fourth-order valence-corrected chi connectivity index (χ4v) is 4.31. The summed E-state index contributed by atoms with van der Waals surface area (Å²) in [7, 11) is 0. The number of thiazole rings is 1. The number of alkyl halides is 3. The van der Waals surface area contributed by atoms with Gasteiger partial charge in [-0.1, -0.05) is 12.1 Å². The van der Waals surface area contributed by atoms with Crippen LogP contribution < -0.4 is 5.32 Å². The third-order valence-electron chi connectivity index (χ3n) is 4.84. The smallest absolute Gasteiger partial charge is 0.337 e. The number of hydrogen-bond donors (Lipinski definition) is 1. The first-order chi connectivity index (χ1) is 11.9. The maximum atomic E-state index is 12.9. The van der Waals surface area contributed by atoms with Crippen LogP contribution in [0.4, 0.5) is 13.2 Å². The molecule has 1 amide bonds. The lowest BCUT2D eigenvalue weighted by Gasteiger charge is -2.15. The number of rotatable bonds is 2. The van der Waals surface area contributed by atoms with Gasteiger partial charge in [-0.3, -0.25) is 4.79 Å². The molecule has 0 unspecified atom stereocenters. The molecule has 3 heterocycles. The van der Waals surface area contributed by atoms with Gasteiger partial charge >= 0.3 is 6.18 Å². The minimum absolute atomic E-state index is 0. The Morgan fingerprint density at radius 1 is 1.19 bits per heavy atom. The van der Waals surface area contributed by atoms with Crippen LogP contribution in [-0.4, -0.2) is 42.0 Å². The van der Waals surface area contributed by atoms with Crippen molar-refractivity contribution in [3.05, 3.63) is 40.9 Å². The summed E-state index contributed by atoms with van der Waals surface area (Å²) in [6.07, 6.45) is -4.40. The average Bonchev–Trinajstić information content (AvgIpc) is 3.29. The normalized spacial score (nSPS) is 21.4. The maximum Gasteiger partial charge on any atom is 0.416 e. The van der Waals surface area contributed by atoms with Gasteiger partial charge in [-0.15, -0.1) is 36.2 Å². The molecule has 2 saturated heterocycles. The van der Waals surface area contributed by atoms with Gasteiger partial charge in [0.1, 0.15) is 10.7 Å². The molecular weight excluding hydrogens is 422 g/mol. The molecule has 0 spiro atoms. The van der Waals surface area contributed by atoms with E-state index in [-0.39, 0.29) is 30.7 Å². The predicted molar refractivity (Wildman–Crippen MR) is 103 cm³/mol. The van der Waals surface area contributed by atoms with Crippen LogP contribution in [0.5, 0.6) is 0 Å². The van der Waals surface area contributed by atoms with Gasteiger partial charge < -0.3 is 10.2 Å². The molecule has 2 aliphatic rings. The first-order valence-electron chi connectivity index (χ1n) is 8.05. The Hall–Kier alpha value is -1.35. The van der Waals surface area contributed by atoms with E-state index in [0.717, 1.165) is 25.2 Å². The Kier molecular flexibility index (Phi) is 6.78. The molecule has 0 bridgehead atoms. The van der Waals surface area contributed by atoms with E-state index < -0.39 is 11.7 Å². The van der Waals surface area contributed by atoms with E-state index in [4.69, 9.17) is 0 Å². The number of aromatic nitrogens is 1. The van der Waals surface area contributed by atoms with E-state index in [0.29, 0.717) is 41.2 Å². The van der Waals surface area contributed by atoms with Crippen LogP contribution >= 0.6 is 36.2 Å². The van der Waals surface area contributed by atoms with Crippen molar-refractivity contribution >= 4 is 42.1 Å². The molecule has 148 valence electrons. The fourth-order valence-electron chi connectivity index (χ4n) is 3.52. The van der Waals surface area contributed by atoms with E-state index in [1.807, 2.05) is 0 Å². The second-order valence-electron chi connectivity index (χ2n) is 6.51. The molecule has 2 fully saturated rings. The highest BCUT2D eigenvalue weighted by molar-refractivity contribution is 7.13. The van der Waals surface area contributed by atoms with Crippen molar-refractivity contribution in [2.75, 3.05) is 26.2 Å². The zero-order chi connectivity index (χ0) is 17.6. The number of hydrogen-bond acceptors (Lipinski definition) is 4. The zero-order valence-electron chi connectivity index (χ0n) is 14.0. The van der Waals surface area contributed by atoms with Gasteiger partial charge in [0, 0.05) is 37.1 Å². The topological polar surface area (TPSA) is 45.2 Å². The Balaban J connectivity index is 0.00000131. The van der Waals surface area contributed by atoms with Gasteiger partial charge in [0.2, 0.25) is 0 Å². The first-order valence-corrected chi connectivity index (χ1v) is 8.93. The lowest BCUT2D eigenvalue weighted by Crippen LogP contribution is -2.32. The minimum Gasteiger partial charge on any atom is -0.337 e. The standard InChI is InChI=1S/C17H16F3N3OS.2ClH/c18-17(19,20)13-3-1-2-10(4-13)15-22-14(9-25-15)16(24)23-7-11-5-21-6-12(11)8-23;;/h1-4,9,11-12,21H,5-8H2;2*1H/t11-,12+;;. The Morgan fingerprint density at radius 2 is 1.85 bits per heavy atom. The molecule has 2 atom stereocenters. The van der Waals surface area contributed by atoms with Gasteiger partial charge in [-0.05, 0) is 24.0 Å². The highest BCUT2D eigenvalue weighted by Crippen LogP contribution is 2.33. The third-order valence-corrected chi connectivity index (χ3v) is 5.73. The van der Waals surface area contributed by atoms with Crippen LogP contribution in [0.1, 0.15) is 16.1 Å². The van der Waals surface area contributed by atoms with Crippen molar-refractivity contribution < 1.29 is 18.0 Å². The summed E-state index contributed by atoms with van der Waals surface area (Å²) >= 11 is 1.19. The number of carbonyl (C=O) groups is 1. The highest BCUT2D eigenvalue weighted by Gasteiger charge is 2.38. The molecule has 2 aromatic rings. The van der Waals surface area contributed by atoms with Crippen molar-refractivity contribution in [1.29, 1.82) is 0 Å². The second kappa shape index (κ2) is 8.34. The summed E-state index contributed by atoms with van der Waals surface area (Å²) in [5.41, 5.74) is -0.0281. The second-order valence-corrected chi connectivity index (χ2v) is 7.36. The molecule has 0 aliphatic carbocycles. The quantitative estimate of drug-likeness (QED) is 0.769. The van der Waals surface area contributed by atoms with Crippen molar-refractivity contribution in [2.24, 2.45) is 11.8 Å². The number of carbonyl (C=O) groups excluding carboxylic acids is 1. The first kappa shape index (κ1) is 21.9. The summed E-state index contributed by atoms with van der Waals surface area (Å²) < 4.78 is 38.6. The van der Waals surface area contributed by atoms with Crippen LogP contribution in [-0.2, 0) is 6.18 Å². The monoisotopic (exact) mass is 439 g/mol. The summed E-state index contributed by atoms with van der Waals surface area (Å²) in [4.78, 5) is 18.7. The highest BCUT2D eigenvalue weighted by atomic mass is 35.5. The van der Waals surface area contributed by atoms with Crippen LogP contribution in [0, 0.1) is 11.8 Å². The number of nitrogens with zero attached hydrogens (tertiary/aromatic N) is 2. The van der Waals surface area contributed by atoms with Gasteiger partial charge in [0.05, 0.1) is 5.56 Å². The number of amides is 1. The van der Waals surface area contributed by atoms with E-state index in [1.165, 1.54) is 17.4 Å². The molecule has 0 radical (unpaired) electrons. The summed E-state index contributed by atoms with van der Waals surface area (Å²) in [5, 5.41) is 5.38. The van der Waals surface area contributed by atoms with E-state index >= 15 is 0 Å². The van der Waals surface area contributed by atoms with Gasteiger partial charge in [-0.25, -0.2) is 4.98 Å². The van der Waals surface area contributed by atoms with Gasteiger partial charge in [0.15, 0.2) is 0 Å². The molecule has 27 heavy (non-hydrogen) atoms. The largest absolute Gasteiger partial charge is 0.416 e. The van der Waals surface area contributed by atoms with Crippen LogP contribution in [0.3, 0.4) is 0 Å². The summed E-state index contributed by atoms with van der Waals surface area (Å²) in [5.74, 6) is 0.847. The van der Waals surface area contributed by atoms with E-state index in [9.17, 15) is 18.0 Å². The third kappa shape index (κ3) is 4.39. The maximum absolute atomic E-state index is 12.9. The Bertz CT molecular complexity index is 803. The molecule has 2 aliphatic heterocycles. The molecule has 4 nitrogen and oxygen atoms in total. The molecule has 1 aromatic carbocycles. The molecule has 1 aromatic heterocycles. The van der Waals surface area contributed by atoms with Crippen molar-refractivity contribution in [3.8, 4) is 10.6 Å². The lowest BCUT2D eigenvalue weighted by molar-refractivity contribution is -0.137. The molecule has 4 rings (SSSR count). The molecule has 10 heteroatoms. The van der Waals surface area contributed by atoms with Crippen LogP contribution in [0.15, 0.2) is 29.6 Å². The number of halogens is 5. The SMILES string of the molecule is Cl.Cl.O=C(c1csc(-c2cccc(C(F)(F)F)c2)n1)N1C[C@H]2CNC[C@H]2C1. The van der Waals surface area contributed by atoms with E-state index in [2.05, 4.69) is 10.3 Å². The molecular formula is C17H18Cl2F3N3OS. The minimum atomic E-state index is -4.40. The fraction of sp³-hybridized carbons (Fsp3) is 0.412. The average molecular weight is 440 g/mol. The zero-order valence-corrected chi connectivity index (χ0v) is 16.5. The van der Waals surface area contributed by atoms with Crippen LogP contribution in [0.25, 0.3) is 10.6 Å². The van der Waals surface area contributed by atoms with Crippen molar-refractivity contribution in [2.45, 2.75) is 6.18 Å². The number of nitrogens with one attached hydrogen (secondary N) is 1. The molecule has 0 saturated carbocycles. The van der Waals surface area contributed by atoms with Crippen molar-refractivity contribution in [3.63, 3.8) is 0 Å². The number of likely N-dealkylation sites (tertiary alicyclic amines) is 1. The van der Waals surface area contributed by atoms with Crippen LogP contribution in [0.2, 0.25) is 0 Å². The number of fused-ring (bicyclic) bond motifs is 1. The predicted octanol–water partition coefficient (Wildman–Crippen LogP) is 3.96.